The summed E-state index contributed by atoms with van der Waals surface area (Å²) in [5.41, 5.74) is 3.64. The lowest BCUT2D eigenvalue weighted by atomic mass is 10.0. The minimum absolute atomic E-state index is 0.0303. The van der Waals surface area contributed by atoms with E-state index in [2.05, 4.69) is 46.3 Å². The average molecular weight is 485 g/mol. The molecule has 3 N–H and O–H groups in total. The summed E-state index contributed by atoms with van der Waals surface area (Å²) >= 11 is 0. The van der Waals surface area contributed by atoms with Crippen LogP contribution in [0.2, 0.25) is 0 Å². The molecule has 1 aromatic heterocycles. The Morgan fingerprint density at radius 1 is 1.03 bits per heavy atom. The Morgan fingerprint density at radius 2 is 1.67 bits per heavy atom. The lowest BCUT2D eigenvalue weighted by Gasteiger charge is -2.27. The van der Waals surface area contributed by atoms with Crippen LogP contribution in [0.25, 0.3) is 0 Å². The third-order valence-electron chi connectivity index (χ3n) is 6.29. The summed E-state index contributed by atoms with van der Waals surface area (Å²) in [5.74, 6) is 1.38. The molecule has 4 rings (SSSR count). The number of benzene rings is 2. The van der Waals surface area contributed by atoms with E-state index in [9.17, 15) is 9.59 Å². The third-order valence-corrected chi connectivity index (χ3v) is 6.29. The van der Waals surface area contributed by atoms with Gasteiger partial charge in [-0.1, -0.05) is 32.6 Å². The van der Waals surface area contributed by atoms with Gasteiger partial charge in [-0.2, -0.15) is 4.98 Å². The molecular formula is C28H32N6O2. The predicted octanol–water partition coefficient (Wildman–Crippen LogP) is 5.67. The zero-order chi connectivity index (χ0) is 25.7. The van der Waals surface area contributed by atoms with Gasteiger partial charge >= 0.3 is 0 Å². The molecule has 0 unspecified atom stereocenters. The van der Waals surface area contributed by atoms with Gasteiger partial charge in [0, 0.05) is 35.7 Å². The van der Waals surface area contributed by atoms with Crippen molar-refractivity contribution in [2.24, 2.45) is 5.92 Å². The average Bonchev–Trinajstić information content (AvgIpc) is 3.27. The Morgan fingerprint density at radius 3 is 2.31 bits per heavy atom. The maximum atomic E-state index is 12.5. The monoisotopic (exact) mass is 484 g/mol. The number of hydrogen-bond donors (Lipinski definition) is 3. The van der Waals surface area contributed by atoms with Crippen LogP contribution in [-0.4, -0.2) is 27.8 Å². The summed E-state index contributed by atoms with van der Waals surface area (Å²) in [7, 11) is 0. The van der Waals surface area contributed by atoms with Crippen molar-refractivity contribution in [3.05, 3.63) is 79.0 Å². The van der Waals surface area contributed by atoms with E-state index in [4.69, 9.17) is 0 Å². The summed E-state index contributed by atoms with van der Waals surface area (Å²) in [6, 6.07) is 17.5. The van der Waals surface area contributed by atoms with E-state index >= 15 is 0 Å². The fourth-order valence-electron chi connectivity index (χ4n) is 4.32. The molecule has 3 aromatic rings. The number of amides is 2. The van der Waals surface area contributed by atoms with Gasteiger partial charge in [-0.15, -0.1) is 0 Å². The van der Waals surface area contributed by atoms with Crippen molar-refractivity contribution in [1.82, 2.24) is 9.97 Å². The van der Waals surface area contributed by atoms with Crippen LogP contribution in [0.5, 0.6) is 0 Å². The topological polar surface area (TPSA) is 99.3 Å². The second kappa shape index (κ2) is 11.0. The third kappa shape index (κ3) is 5.89. The van der Waals surface area contributed by atoms with Gasteiger partial charge in [0.05, 0.1) is 6.04 Å². The Hall–Kier alpha value is -4.20. The van der Waals surface area contributed by atoms with Crippen molar-refractivity contribution >= 4 is 40.6 Å². The van der Waals surface area contributed by atoms with Crippen molar-refractivity contribution in [3.63, 3.8) is 0 Å². The molecule has 36 heavy (non-hydrogen) atoms. The number of nitrogens with one attached hydrogen (secondary N) is 3. The standard InChI is InChI=1S/C28H32N6O2/c1-5-26(35)32-23-12-10-22(11-13-23)31-21-8-6-20(7-9-21)19(4)30-28-29-17-16-25(33-28)34-24(18(2)3)14-15-27(34)36/h5-13,16-19,24,31H,1,14-15H2,2-4H3,(H,32,35)(H,29,30,33)/t19-,24+/m0/s1. The molecule has 2 aromatic carbocycles. The van der Waals surface area contributed by atoms with Gasteiger partial charge in [0.2, 0.25) is 17.8 Å². The van der Waals surface area contributed by atoms with Gasteiger partial charge in [-0.25, -0.2) is 4.98 Å². The first kappa shape index (κ1) is 24.9. The van der Waals surface area contributed by atoms with E-state index in [0.717, 1.165) is 23.4 Å². The molecular weight excluding hydrogens is 452 g/mol. The van der Waals surface area contributed by atoms with E-state index < -0.39 is 0 Å². The molecule has 0 aliphatic carbocycles. The minimum atomic E-state index is -0.240. The van der Waals surface area contributed by atoms with Crippen LogP contribution in [0, 0.1) is 5.92 Å². The minimum Gasteiger partial charge on any atom is -0.356 e. The molecule has 1 aliphatic heterocycles. The first-order valence-electron chi connectivity index (χ1n) is 12.2. The zero-order valence-corrected chi connectivity index (χ0v) is 20.9. The second-order valence-corrected chi connectivity index (χ2v) is 9.24. The summed E-state index contributed by atoms with van der Waals surface area (Å²) in [4.78, 5) is 34.7. The Balaban J connectivity index is 1.39. The summed E-state index contributed by atoms with van der Waals surface area (Å²) < 4.78 is 0. The van der Waals surface area contributed by atoms with Crippen molar-refractivity contribution in [3.8, 4) is 0 Å². The van der Waals surface area contributed by atoms with Crippen molar-refractivity contribution < 1.29 is 9.59 Å². The SMILES string of the molecule is C=CC(=O)Nc1ccc(Nc2ccc([C@H](C)Nc3nccc(N4C(=O)CC[C@@H]4C(C)C)n3)cc2)cc1. The number of anilines is 5. The lowest BCUT2D eigenvalue weighted by molar-refractivity contribution is -0.117. The second-order valence-electron chi connectivity index (χ2n) is 9.24. The predicted molar refractivity (Wildman–Crippen MR) is 144 cm³/mol. The fourth-order valence-corrected chi connectivity index (χ4v) is 4.32. The quantitative estimate of drug-likeness (QED) is 0.339. The molecule has 0 bridgehead atoms. The molecule has 8 heteroatoms. The molecule has 0 saturated carbocycles. The highest BCUT2D eigenvalue weighted by Crippen LogP contribution is 2.30. The van der Waals surface area contributed by atoms with Crippen molar-refractivity contribution in [2.75, 3.05) is 20.9 Å². The Kier molecular flexibility index (Phi) is 7.63. The smallest absolute Gasteiger partial charge is 0.247 e. The maximum Gasteiger partial charge on any atom is 0.247 e. The zero-order valence-electron chi connectivity index (χ0n) is 20.9. The van der Waals surface area contributed by atoms with E-state index in [1.165, 1.54) is 6.08 Å². The molecule has 186 valence electrons. The highest BCUT2D eigenvalue weighted by molar-refractivity contribution is 5.99. The molecule has 8 nitrogen and oxygen atoms in total. The number of carbonyl (C=O) groups is 2. The molecule has 1 saturated heterocycles. The molecule has 2 heterocycles. The van der Waals surface area contributed by atoms with Gasteiger partial charge in [-0.3, -0.25) is 14.5 Å². The normalized spacial score (nSPS) is 16.1. The van der Waals surface area contributed by atoms with Crippen LogP contribution < -0.4 is 20.9 Å². The van der Waals surface area contributed by atoms with Gasteiger partial charge in [-0.05, 0) is 73.4 Å². The fraction of sp³-hybridized carbons (Fsp3) is 0.286. The molecule has 0 radical (unpaired) electrons. The van der Waals surface area contributed by atoms with E-state index in [1.807, 2.05) is 60.4 Å². The Bertz CT molecular complexity index is 1220. The van der Waals surface area contributed by atoms with Gasteiger partial charge < -0.3 is 16.0 Å². The molecule has 2 amide bonds. The van der Waals surface area contributed by atoms with Crippen LogP contribution in [0.1, 0.15) is 45.2 Å². The largest absolute Gasteiger partial charge is 0.356 e. The van der Waals surface area contributed by atoms with Crippen molar-refractivity contribution in [1.29, 1.82) is 0 Å². The van der Waals surface area contributed by atoms with Gasteiger partial charge in [0.25, 0.3) is 0 Å². The van der Waals surface area contributed by atoms with Crippen LogP contribution in [-0.2, 0) is 9.59 Å². The molecule has 0 spiro atoms. The molecule has 1 fully saturated rings. The highest BCUT2D eigenvalue weighted by Gasteiger charge is 2.35. The summed E-state index contributed by atoms with van der Waals surface area (Å²) in [5, 5.41) is 9.44. The van der Waals surface area contributed by atoms with E-state index in [1.54, 1.807) is 12.3 Å². The number of hydrogen-bond acceptors (Lipinski definition) is 6. The van der Waals surface area contributed by atoms with Crippen LogP contribution in [0.3, 0.4) is 0 Å². The van der Waals surface area contributed by atoms with Gasteiger partial charge in [0.15, 0.2) is 0 Å². The molecule has 1 aliphatic rings. The first-order chi connectivity index (χ1) is 17.3. The number of aromatic nitrogens is 2. The summed E-state index contributed by atoms with van der Waals surface area (Å²) in [6.07, 6.45) is 4.35. The summed E-state index contributed by atoms with van der Waals surface area (Å²) in [6.45, 7) is 9.77. The van der Waals surface area contributed by atoms with E-state index in [0.29, 0.717) is 29.8 Å². The highest BCUT2D eigenvalue weighted by atomic mass is 16.2. The number of rotatable bonds is 9. The Labute approximate surface area is 211 Å². The number of carbonyl (C=O) groups excluding carboxylic acids is 2. The van der Waals surface area contributed by atoms with Crippen LogP contribution in [0.4, 0.5) is 28.8 Å². The van der Waals surface area contributed by atoms with Gasteiger partial charge in [0.1, 0.15) is 5.82 Å². The first-order valence-corrected chi connectivity index (χ1v) is 12.2. The van der Waals surface area contributed by atoms with Crippen LogP contribution in [0.15, 0.2) is 73.4 Å². The van der Waals surface area contributed by atoms with E-state index in [-0.39, 0.29) is 23.9 Å². The number of nitrogens with zero attached hydrogens (tertiary/aromatic N) is 3. The van der Waals surface area contributed by atoms with Crippen molar-refractivity contribution in [2.45, 2.75) is 45.7 Å². The van der Waals surface area contributed by atoms with Crippen LogP contribution >= 0.6 is 0 Å². The lowest BCUT2D eigenvalue weighted by Crippen LogP contribution is -2.37. The maximum absolute atomic E-state index is 12.5. The molecule has 2 atom stereocenters.